The third-order valence-electron chi connectivity index (χ3n) is 10.4. The van der Waals surface area contributed by atoms with Gasteiger partial charge in [0, 0.05) is 44.8 Å². The van der Waals surface area contributed by atoms with Gasteiger partial charge in [-0.25, -0.2) is 0 Å². The molecule has 1 heterocycles. The maximum atomic E-state index is 6.73. The zero-order valence-electron chi connectivity index (χ0n) is 30.1. The van der Waals surface area contributed by atoms with Crippen LogP contribution in [0, 0.1) is 0 Å². The maximum absolute atomic E-state index is 6.73. The topological polar surface area (TPSA) is 15.7 Å². The molecule has 0 atom stereocenters. The van der Waals surface area contributed by atoms with Crippen LogP contribution in [-0.2, 0) is 0 Å². The van der Waals surface area contributed by atoms with E-state index in [2.05, 4.69) is 228 Å². The predicted octanol–water partition coefficient (Wildman–Crippen LogP) is 14.9. The zero-order chi connectivity index (χ0) is 36.6. The Labute approximate surface area is 321 Å². The van der Waals surface area contributed by atoms with E-state index in [9.17, 15) is 0 Å². The fourth-order valence-electron chi connectivity index (χ4n) is 7.83. The Morgan fingerprint density at radius 2 is 0.745 bits per heavy atom. The molecule has 0 spiro atoms. The summed E-state index contributed by atoms with van der Waals surface area (Å²) in [5.41, 5.74) is 13.5. The standard InChI is InChI=1S/C52H36N2O/c1-5-14-37(15-6-1)39-24-28-43(29-25-39)54(44-30-26-40(27-31-44)38-16-7-2-8-17-38)49-33-35-51-52-46(22-13-23-47(49)52)48-36-45(32-34-50(48)55-51)53(41-18-9-3-10-19-41)42-20-11-4-12-21-42/h1-36H. The summed E-state index contributed by atoms with van der Waals surface area (Å²) in [6.07, 6.45) is 0. The smallest absolute Gasteiger partial charge is 0.136 e. The van der Waals surface area contributed by atoms with Crippen molar-refractivity contribution < 1.29 is 4.74 Å². The molecule has 9 aromatic carbocycles. The predicted molar refractivity (Wildman–Crippen MR) is 230 cm³/mol. The van der Waals surface area contributed by atoms with Crippen molar-refractivity contribution in [3.05, 3.63) is 218 Å². The van der Waals surface area contributed by atoms with Gasteiger partial charge in [-0.2, -0.15) is 0 Å². The van der Waals surface area contributed by atoms with Crippen LogP contribution in [0.5, 0.6) is 11.5 Å². The Bertz CT molecular complexity index is 2630. The van der Waals surface area contributed by atoms with E-state index in [4.69, 9.17) is 4.74 Å². The second-order valence-corrected chi connectivity index (χ2v) is 13.8. The van der Waals surface area contributed by atoms with Gasteiger partial charge in [0.05, 0.1) is 5.69 Å². The van der Waals surface area contributed by atoms with E-state index in [1.54, 1.807) is 0 Å². The molecule has 260 valence electrons. The summed E-state index contributed by atoms with van der Waals surface area (Å²) in [5, 5.41) is 2.22. The van der Waals surface area contributed by atoms with Gasteiger partial charge in [0.2, 0.25) is 0 Å². The van der Waals surface area contributed by atoms with Crippen molar-refractivity contribution in [3.8, 4) is 44.9 Å². The van der Waals surface area contributed by atoms with Gasteiger partial charge in [0.25, 0.3) is 0 Å². The number of benzene rings is 9. The third-order valence-corrected chi connectivity index (χ3v) is 10.4. The summed E-state index contributed by atoms with van der Waals surface area (Å²) < 4.78 is 6.73. The molecule has 0 N–H and O–H groups in total. The van der Waals surface area contributed by atoms with Gasteiger partial charge in [-0.3, -0.25) is 0 Å². The average molecular weight is 705 g/mol. The van der Waals surface area contributed by atoms with Crippen LogP contribution in [0.15, 0.2) is 218 Å². The first-order valence-electron chi connectivity index (χ1n) is 18.7. The van der Waals surface area contributed by atoms with Gasteiger partial charge in [-0.05, 0) is 107 Å². The SMILES string of the molecule is c1ccc(-c2ccc(N(c3ccc(-c4ccccc4)cc3)c3ccc4c5c(cccc35)-c3cc(N(c5ccccc5)c5ccccc5)ccc3O4)cc2)cc1. The molecule has 0 aliphatic carbocycles. The minimum Gasteiger partial charge on any atom is -0.456 e. The lowest BCUT2D eigenvalue weighted by Crippen LogP contribution is -2.12. The first-order chi connectivity index (χ1) is 27.3. The summed E-state index contributed by atoms with van der Waals surface area (Å²) in [6, 6.07) is 77.4. The van der Waals surface area contributed by atoms with Gasteiger partial charge < -0.3 is 14.5 Å². The molecule has 0 bridgehead atoms. The van der Waals surface area contributed by atoms with Crippen LogP contribution >= 0.6 is 0 Å². The quantitative estimate of drug-likeness (QED) is 0.157. The molecule has 0 saturated heterocycles. The number of fused-ring (bicyclic) bond motifs is 2. The Balaban J connectivity index is 1.12. The first-order valence-corrected chi connectivity index (χ1v) is 18.7. The van der Waals surface area contributed by atoms with Crippen molar-refractivity contribution in [1.29, 1.82) is 0 Å². The molecule has 0 amide bonds. The number of nitrogens with zero attached hydrogens (tertiary/aromatic N) is 2. The molecule has 55 heavy (non-hydrogen) atoms. The van der Waals surface area contributed by atoms with Crippen molar-refractivity contribution in [1.82, 2.24) is 0 Å². The number of hydrogen-bond acceptors (Lipinski definition) is 3. The number of ether oxygens (including phenoxy) is 1. The minimum atomic E-state index is 0.849. The molecule has 3 nitrogen and oxygen atoms in total. The third kappa shape index (κ3) is 5.98. The zero-order valence-corrected chi connectivity index (χ0v) is 30.1. The van der Waals surface area contributed by atoms with Crippen LogP contribution < -0.4 is 14.5 Å². The lowest BCUT2D eigenvalue weighted by molar-refractivity contribution is 0.487. The van der Waals surface area contributed by atoms with E-state index in [0.29, 0.717) is 0 Å². The monoisotopic (exact) mass is 704 g/mol. The fraction of sp³-hybridized carbons (Fsp3) is 0. The van der Waals surface area contributed by atoms with E-state index < -0.39 is 0 Å². The Kier molecular flexibility index (Phi) is 8.16. The van der Waals surface area contributed by atoms with Crippen LogP contribution in [0.1, 0.15) is 0 Å². The highest BCUT2D eigenvalue weighted by molar-refractivity contribution is 6.11. The van der Waals surface area contributed by atoms with Crippen molar-refractivity contribution >= 4 is 44.9 Å². The van der Waals surface area contributed by atoms with Gasteiger partial charge in [-0.1, -0.05) is 140 Å². The van der Waals surface area contributed by atoms with Crippen LogP contribution in [-0.4, -0.2) is 0 Å². The molecule has 0 aromatic heterocycles. The molecule has 0 unspecified atom stereocenters. The summed E-state index contributed by atoms with van der Waals surface area (Å²) in [6.45, 7) is 0. The highest BCUT2D eigenvalue weighted by atomic mass is 16.5. The van der Waals surface area contributed by atoms with Gasteiger partial charge in [0.1, 0.15) is 11.5 Å². The molecular weight excluding hydrogens is 669 g/mol. The molecule has 1 aliphatic rings. The van der Waals surface area contributed by atoms with E-state index in [0.717, 1.165) is 67.5 Å². The number of para-hydroxylation sites is 2. The van der Waals surface area contributed by atoms with Crippen LogP contribution in [0.3, 0.4) is 0 Å². The Morgan fingerprint density at radius 3 is 1.29 bits per heavy atom. The van der Waals surface area contributed by atoms with E-state index in [-0.39, 0.29) is 0 Å². The first kappa shape index (κ1) is 32.3. The maximum Gasteiger partial charge on any atom is 0.136 e. The number of hydrogen-bond donors (Lipinski definition) is 0. The molecule has 0 fully saturated rings. The molecule has 0 saturated carbocycles. The van der Waals surface area contributed by atoms with Gasteiger partial charge in [0.15, 0.2) is 0 Å². The van der Waals surface area contributed by atoms with Gasteiger partial charge >= 0.3 is 0 Å². The molecule has 10 rings (SSSR count). The van der Waals surface area contributed by atoms with E-state index >= 15 is 0 Å². The second-order valence-electron chi connectivity index (χ2n) is 13.8. The summed E-state index contributed by atoms with van der Waals surface area (Å²) in [4.78, 5) is 4.66. The van der Waals surface area contributed by atoms with Crippen LogP contribution in [0.4, 0.5) is 34.1 Å². The Hall–Kier alpha value is -7.36. The largest absolute Gasteiger partial charge is 0.456 e. The second kappa shape index (κ2) is 13.9. The normalized spacial score (nSPS) is 11.4. The van der Waals surface area contributed by atoms with Crippen LogP contribution in [0.25, 0.3) is 44.2 Å². The van der Waals surface area contributed by atoms with Crippen molar-refractivity contribution in [2.24, 2.45) is 0 Å². The number of anilines is 6. The van der Waals surface area contributed by atoms with Crippen molar-refractivity contribution in [2.75, 3.05) is 9.80 Å². The lowest BCUT2D eigenvalue weighted by atomic mass is 9.93. The highest BCUT2D eigenvalue weighted by Crippen LogP contribution is 2.52. The Morgan fingerprint density at radius 1 is 0.291 bits per heavy atom. The minimum absolute atomic E-state index is 0.849. The fourth-order valence-corrected chi connectivity index (χ4v) is 7.83. The number of rotatable bonds is 8. The van der Waals surface area contributed by atoms with Crippen LogP contribution in [0.2, 0.25) is 0 Å². The highest BCUT2D eigenvalue weighted by Gasteiger charge is 2.25. The summed E-state index contributed by atoms with van der Waals surface area (Å²) in [5.74, 6) is 1.71. The van der Waals surface area contributed by atoms with Crippen molar-refractivity contribution in [3.63, 3.8) is 0 Å². The molecule has 3 heteroatoms. The average Bonchev–Trinajstić information content (AvgIpc) is 3.27. The van der Waals surface area contributed by atoms with Crippen molar-refractivity contribution in [2.45, 2.75) is 0 Å². The molecule has 9 aromatic rings. The van der Waals surface area contributed by atoms with E-state index in [1.807, 2.05) is 0 Å². The van der Waals surface area contributed by atoms with Gasteiger partial charge in [-0.15, -0.1) is 0 Å². The van der Waals surface area contributed by atoms with E-state index in [1.165, 1.54) is 22.3 Å². The molecule has 1 aliphatic heterocycles. The molecule has 0 radical (unpaired) electrons. The lowest BCUT2D eigenvalue weighted by Gasteiger charge is -2.30. The summed E-state index contributed by atoms with van der Waals surface area (Å²) in [7, 11) is 0. The molecular formula is C52H36N2O. The summed E-state index contributed by atoms with van der Waals surface area (Å²) >= 11 is 0.